The number of benzene rings is 1. The Morgan fingerprint density at radius 2 is 2.00 bits per heavy atom. The van der Waals surface area contributed by atoms with Crippen LogP contribution in [0.15, 0.2) is 60.0 Å². The molecule has 0 aliphatic rings. The number of aliphatic hydroxyl groups excluding tert-OH is 1. The number of sulfonamides is 1. The number of nitrogens with one attached hydrogen (secondary N) is 1. The molecule has 0 saturated heterocycles. The maximum Gasteiger partial charge on any atom is 0.265 e. The standard InChI is InChI=1S/C18H18N6O3S/c1-12(25)13-6-7-19-17(8-13)24-11-15(10-21-24)28(26,27)22-16-5-3-4-14-9-20-23(2)18(14)16/h3-12,22,25H,1-2H3/t12-/m0/s1. The number of aliphatic hydroxyl groups is 1. The Kier molecular flexibility index (Phi) is 4.36. The highest BCUT2D eigenvalue weighted by Gasteiger charge is 2.19. The molecule has 0 radical (unpaired) electrons. The van der Waals surface area contributed by atoms with Crippen LogP contribution in [0.2, 0.25) is 0 Å². The van der Waals surface area contributed by atoms with Crippen LogP contribution in [-0.2, 0) is 17.1 Å². The summed E-state index contributed by atoms with van der Waals surface area (Å²) in [5.74, 6) is 0.411. The van der Waals surface area contributed by atoms with Gasteiger partial charge in [-0.1, -0.05) is 12.1 Å². The number of aryl methyl sites for hydroxylation is 1. The average Bonchev–Trinajstić information content (AvgIpc) is 3.30. The Morgan fingerprint density at radius 1 is 1.18 bits per heavy atom. The van der Waals surface area contributed by atoms with E-state index in [9.17, 15) is 13.5 Å². The maximum absolute atomic E-state index is 12.8. The van der Waals surface area contributed by atoms with E-state index in [-0.39, 0.29) is 4.90 Å². The fourth-order valence-corrected chi connectivity index (χ4v) is 3.91. The summed E-state index contributed by atoms with van der Waals surface area (Å²) in [7, 11) is -2.12. The fourth-order valence-electron chi connectivity index (χ4n) is 2.91. The van der Waals surface area contributed by atoms with Gasteiger partial charge in [-0.2, -0.15) is 10.2 Å². The lowest BCUT2D eigenvalue weighted by molar-refractivity contribution is 0.199. The summed E-state index contributed by atoms with van der Waals surface area (Å²) in [6.07, 6.45) is 5.17. The third kappa shape index (κ3) is 3.23. The molecule has 0 saturated carbocycles. The fraction of sp³-hybridized carbons (Fsp3) is 0.167. The highest BCUT2D eigenvalue weighted by Crippen LogP contribution is 2.25. The smallest absolute Gasteiger partial charge is 0.265 e. The zero-order valence-corrected chi connectivity index (χ0v) is 16.0. The molecule has 0 amide bonds. The number of anilines is 1. The molecule has 0 unspecified atom stereocenters. The van der Waals surface area contributed by atoms with Crippen LogP contribution >= 0.6 is 0 Å². The van der Waals surface area contributed by atoms with E-state index < -0.39 is 16.1 Å². The lowest BCUT2D eigenvalue weighted by Gasteiger charge is -2.08. The second kappa shape index (κ2) is 6.73. The summed E-state index contributed by atoms with van der Waals surface area (Å²) in [4.78, 5) is 4.18. The number of hydrogen-bond acceptors (Lipinski definition) is 6. The van der Waals surface area contributed by atoms with Gasteiger partial charge in [-0.05, 0) is 30.7 Å². The molecule has 0 aliphatic carbocycles. The van der Waals surface area contributed by atoms with Crippen molar-refractivity contribution in [3.63, 3.8) is 0 Å². The van der Waals surface area contributed by atoms with E-state index in [0.717, 1.165) is 5.39 Å². The Bertz CT molecular complexity index is 1260. The van der Waals surface area contributed by atoms with Crippen LogP contribution in [0.4, 0.5) is 5.69 Å². The van der Waals surface area contributed by atoms with E-state index in [1.54, 1.807) is 49.1 Å². The summed E-state index contributed by atoms with van der Waals surface area (Å²) < 4.78 is 31.2. The minimum atomic E-state index is -3.86. The molecule has 4 aromatic rings. The van der Waals surface area contributed by atoms with Crippen molar-refractivity contribution in [3.05, 3.63) is 60.7 Å². The van der Waals surface area contributed by atoms with Gasteiger partial charge in [-0.3, -0.25) is 9.40 Å². The second-order valence-corrected chi connectivity index (χ2v) is 8.04. The minimum Gasteiger partial charge on any atom is -0.389 e. The number of hydrogen-bond donors (Lipinski definition) is 2. The molecule has 3 aromatic heterocycles. The van der Waals surface area contributed by atoms with Gasteiger partial charge in [0.15, 0.2) is 5.82 Å². The van der Waals surface area contributed by atoms with Gasteiger partial charge in [0.2, 0.25) is 0 Å². The van der Waals surface area contributed by atoms with Crippen molar-refractivity contribution in [1.82, 2.24) is 24.5 Å². The van der Waals surface area contributed by atoms with Crippen molar-refractivity contribution in [2.24, 2.45) is 7.05 Å². The van der Waals surface area contributed by atoms with Crippen LogP contribution in [0.5, 0.6) is 0 Å². The molecule has 2 N–H and O–H groups in total. The summed E-state index contributed by atoms with van der Waals surface area (Å²) in [5, 5.41) is 18.8. The molecule has 1 atom stereocenters. The number of aromatic nitrogens is 5. The molecule has 4 rings (SSSR count). The van der Waals surface area contributed by atoms with Gasteiger partial charge in [0, 0.05) is 18.6 Å². The first-order valence-electron chi connectivity index (χ1n) is 8.48. The van der Waals surface area contributed by atoms with E-state index in [1.807, 2.05) is 6.07 Å². The van der Waals surface area contributed by atoms with Gasteiger partial charge in [0.1, 0.15) is 4.90 Å². The van der Waals surface area contributed by atoms with Crippen molar-refractivity contribution in [1.29, 1.82) is 0 Å². The Labute approximate surface area is 161 Å². The van der Waals surface area contributed by atoms with Crippen molar-refractivity contribution >= 4 is 26.6 Å². The van der Waals surface area contributed by atoms with Gasteiger partial charge in [0.05, 0.1) is 35.9 Å². The van der Waals surface area contributed by atoms with Crippen LogP contribution in [0.25, 0.3) is 16.7 Å². The van der Waals surface area contributed by atoms with Gasteiger partial charge in [-0.15, -0.1) is 0 Å². The van der Waals surface area contributed by atoms with Gasteiger partial charge in [-0.25, -0.2) is 18.1 Å². The molecule has 0 fully saturated rings. The van der Waals surface area contributed by atoms with E-state index in [0.29, 0.717) is 22.6 Å². The van der Waals surface area contributed by atoms with Crippen LogP contribution in [-0.4, -0.2) is 38.1 Å². The van der Waals surface area contributed by atoms with Gasteiger partial charge >= 0.3 is 0 Å². The largest absolute Gasteiger partial charge is 0.389 e. The van der Waals surface area contributed by atoms with Crippen LogP contribution in [0.3, 0.4) is 0 Å². The average molecular weight is 398 g/mol. The third-order valence-electron chi connectivity index (χ3n) is 4.36. The van der Waals surface area contributed by atoms with Crippen LogP contribution < -0.4 is 4.72 Å². The number of pyridine rings is 1. The van der Waals surface area contributed by atoms with Gasteiger partial charge < -0.3 is 5.11 Å². The van der Waals surface area contributed by atoms with E-state index in [2.05, 4.69) is 19.9 Å². The predicted octanol–water partition coefficient (Wildman–Crippen LogP) is 2.01. The predicted molar refractivity (Wildman–Crippen MR) is 104 cm³/mol. The number of nitrogens with zero attached hydrogens (tertiary/aromatic N) is 5. The van der Waals surface area contributed by atoms with E-state index >= 15 is 0 Å². The molecule has 144 valence electrons. The topological polar surface area (TPSA) is 115 Å². The number of fused-ring (bicyclic) bond motifs is 1. The van der Waals surface area contributed by atoms with Crippen molar-refractivity contribution in [2.75, 3.05) is 4.72 Å². The molecule has 9 nitrogen and oxygen atoms in total. The first kappa shape index (κ1) is 18.1. The lowest BCUT2D eigenvalue weighted by atomic mass is 10.2. The van der Waals surface area contributed by atoms with Crippen LogP contribution in [0.1, 0.15) is 18.6 Å². The SMILES string of the molecule is C[C@H](O)c1ccnc(-n2cc(S(=O)(=O)Nc3cccc4cnn(C)c34)cn2)c1. The van der Waals surface area contributed by atoms with Crippen molar-refractivity contribution < 1.29 is 13.5 Å². The van der Waals surface area contributed by atoms with E-state index in [4.69, 9.17) is 0 Å². The molecule has 1 aromatic carbocycles. The Hall–Kier alpha value is -3.24. The Morgan fingerprint density at radius 3 is 2.79 bits per heavy atom. The van der Waals surface area contributed by atoms with Crippen molar-refractivity contribution in [3.8, 4) is 5.82 Å². The van der Waals surface area contributed by atoms with Gasteiger partial charge in [0.25, 0.3) is 10.0 Å². The first-order valence-corrected chi connectivity index (χ1v) is 9.96. The Balaban J connectivity index is 1.68. The summed E-state index contributed by atoms with van der Waals surface area (Å²) in [6.45, 7) is 1.64. The number of para-hydroxylation sites is 1. The van der Waals surface area contributed by atoms with Crippen LogP contribution in [0, 0.1) is 0 Å². The van der Waals surface area contributed by atoms with E-state index in [1.165, 1.54) is 23.3 Å². The zero-order valence-electron chi connectivity index (χ0n) is 15.2. The molecule has 0 aliphatic heterocycles. The maximum atomic E-state index is 12.8. The monoisotopic (exact) mass is 398 g/mol. The lowest BCUT2D eigenvalue weighted by Crippen LogP contribution is -2.13. The first-order chi connectivity index (χ1) is 13.3. The quantitative estimate of drug-likeness (QED) is 0.531. The highest BCUT2D eigenvalue weighted by atomic mass is 32.2. The summed E-state index contributed by atoms with van der Waals surface area (Å²) in [6, 6.07) is 8.64. The summed E-state index contributed by atoms with van der Waals surface area (Å²) >= 11 is 0. The molecule has 0 spiro atoms. The number of rotatable bonds is 5. The molecule has 0 bridgehead atoms. The highest BCUT2D eigenvalue weighted by molar-refractivity contribution is 7.92. The second-order valence-electron chi connectivity index (χ2n) is 6.36. The normalized spacial score (nSPS) is 13.0. The zero-order chi connectivity index (χ0) is 19.9. The molecular weight excluding hydrogens is 380 g/mol. The molecule has 10 heteroatoms. The molecular formula is C18H18N6O3S. The summed E-state index contributed by atoms with van der Waals surface area (Å²) in [5.41, 5.74) is 1.77. The minimum absolute atomic E-state index is 0.00378. The van der Waals surface area contributed by atoms with Crippen molar-refractivity contribution in [2.45, 2.75) is 17.9 Å². The third-order valence-corrected chi connectivity index (χ3v) is 5.68. The molecule has 28 heavy (non-hydrogen) atoms. The molecule has 3 heterocycles.